The van der Waals surface area contributed by atoms with E-state index in [1.165, 1.54) is 11.1 Å². The van der Waals surface area contributed by atoms with Gasteiger partial charge in [0.25, 0.3) is 0 Å². The molecule has 104 valence electrons. The van der Waals surface area contributed by atoms with Crippen LogP contribution in [0.1, 0.15) is 36.1 Å². The Kier molecular flexibility index (Phi) is 3.70. The van der Waals surface area contributed by atoms with E-state index in [-0.39, 0.29) is 0 Å². The summed E-state index contributed by atoms with van der Waals surface area (Å²) in [6.45, 7) is 3.70. The summed E-state index contributed by atoms with van der Waals surface area (Å²) in [5.41, 5.74) is 3.71. The van der Waals surface area contributed by atoms with E-state index in [1.54, 1.807) is 13.1 Å². The lowest BCUT2D eigenvalue weighted by molar-refractivity contribution is 0.199. The van der Waals surface area contributed by atoms with Gasteiger partial charge < -0.3 is 10.0 Å². The van der Waals surface area contributed by atoms with E-state index in [4.69, 9.17) is 0 Å². The molecule has 1 atom stereocenters. The van der Waals surface area contributed by atoms with Crippen molar-refractivity contribution < 1.29 is 5.11 Å². The van der Waals surface area contributed by atoms with Crippen molar-refractivity contribution >= 4 is 5.82 Å². The number of hydrogen-bond acceptors (Lipinski definition) is 3. The zero-order chi connectivity index (χ0) is 13.9. The van der Waals surface area contributed by atoms with E-state index in [0.29, 0.717) is 0 Å². The SMILES string of the molecule is C[C@H](O)c1ccc(N2CCCc3ccccc3C2)nc1. The van der Waals surface area contributed by atoms with Crippen LogP contribution >= 0.6 is 0 Å². The van der Waals surface area contributed by atoms with Crippen LogP contribution in [0.4, 0.5) is 5.82 Å². The standard InChI is InChI=1S/C17H20N2O/c1-13(20)15-8-9-17(18-11-15)19-10-4-7-14-5-2-3-6-16(14)12-19/h2-3,5-6,8-9,11,13,20H,4,7,10,12H2,1H3/t13-/m0/s1. The molecule has 2 aromatic rings. The lowest BCUT2D eigenvalue weighted by Crippen LogP contribution is -2.23. The third-order valence-corrected chi connectivity index (χ3v) is 3.93. The van der Waals surface area contributed by atoms with Gasteiger partial charge in [-0.25, -0.2) is 4.98 Å². The van der Waals surface area contributed by atoms with Gasteiger partial charge in [-0.1, -0.05) is 30.3 Å². The monoisotopic (exact) mass is 268 g/mol. The second-order valence-electron chi connectivity index (χ2n) is 5.42. The molecule has 2 heterocycles. The van der Waals surface area contributed by atoms with Crippen LogP contribution in [0.5, 0.6) is 0 Å². The van der Waals surface area contributed by atoms with E-state index in [0.717, 1.165) is 37.3 Å². The maximum absolute atomic E-state index is 9.55. The molecule has 0 aliphatic carbocycles. The summed E-state index contributed by atoms with van der Waals surface area (Å²) in [7, 11) is 0. The topological polar surface area (TPSA) is 36.4 Å². The van der Waals surface area contributed by atoms with Crippen LogP contribution in [0.25, 0.3) is 0 Å². The van der Waals surface area contributed by atoms with E-state index in [1.807, 2.05) is 12.1 Å². The molecule has 3 rings (SSSR count). The highest BCUT2D eigenvalue weighted by molar-refractivity contribution is 5.43. The number of aliphatic hydroxyl groups excluding tert-OH is 1. The number of rotatable bonds is 2. The largest absolute Gasteiger partial charge is 0.389 e. The molecular weight excluding hydrogens is 248 g/mol. The molecule has 0 radical (unpaired) electrons. The van der Waals surface area contributed by atoms with E-state index >= 15 is 0 Å². The van der Waals surface area contributed by atoms with Gasteiger partial charge in [0.15, 0.2) is 0 Å². The summed E-state index contributed by atoms with van der Waals surface area (Å²) in [5, 5.41) is 9.55. The average Bonchev–Trinajstić information content (AvgIpc) is 2.69. The molecule has 1 aromatic carbocycles. The molecule has 0 bridgehead atoms. The smallest absolute Gasteiger partial charge is 0.128 e. The van der Waals surface area contributed by atoms with Crippen LogP contribution in [0.15, 0.2) is 42.6 Å². The number of benzene rings is 1. The second-order valence-corrected chi connectivity index (χ2v) is 5.42. The number of nitrogens with zero attached hydrogens (tertiary/aromatic N) is 2. The fourth-order valence-electron chi connectivity index (χ4n) is 2.73. The average molecular weight is 268 g/mol. The predicted molar refractivity (Wildman–Crippen MR) is 80.7 cm³/mol. The molecule has 1 aliphatic heterocycles. The summed E-state index contributed by atoms with van der Waals surface area (Å²) >= 11 is 0. The van der Waals surface area contributed by atoms with Gasteiger partial charge in [-0.3, -0.25) is 0 Å². The Morgan fingerprint density at radius 1 is 1.15 bits per heavy atom. The van der Waals surface area contributed by atoms with Gasteiger partial charge in [0.1, 0.15) is 5.82 Å². The third-order valence-electron chi connectivity index (χ3n) is 3.93. The zero-order valence-corrected chi connectivity index (χ0v) is 11.8. The normalized spacial score (nSPS) is 16.4. The number of pyridine rings is 1. The van der Waals surface area contributed by atoms with Gasteiger partial charge in [0.05, 0.1) is 6.10 Å². The Bertz CT molecular complexity index is 578. The number of aromatic nitrogens is 1. The number of aryl methyl sites for hydroxylation is 1. The molecule has 0 spiro atoms. The zero-order valence-electron chi connectivity index (χ0n) is 11.8. The van der Waals surface area contributed by atoms with Crippen molar-refractivity contribution in [1.29, 1.82) is 0 Å². The number of hydrogen-bond donors (Lipinski definition) is 1. The first-order valence-corrected chi connectivity index (χ1v) is 7.20. The van der Waals surface area contributed by atoms with Gasteiger partial charge in [-0.05, 0) is 42.5 Å². The van der Waals surface area contributed by atoms with E-state index in [9.17, 15) is 5.11 Å². The number of anilines is 1. The quantitative estimate of drug-likeness (QED) is 0.909. The van der Waals surface area contributed by atoms with Crippen LogP contribution in [0.3, 0.4) is 0 Å². The molecule has 0 saturated carbocycles. The lowest BCUT2D eigenvalue weighted by atomic mass is 10.0. The minimum atomic E-state index is -0.457. The first kappa shape index (κ1) is 13.1. The number of aliphatic hydroxyl groups is 1. The molecular formula is C17H20N2O. The summed E-state index contributed by atoms with van der Waals surface area (Å²) in [5.74, 6) is 0.992. The van der Waals surface area contributed by atoms with E-state index < -0.39 is 6.10 Å². The molecule has 1 N–H and O–H groups in total. The van der Waals surface area contributed by atoms with Crippen molar-refractivity contribution in [3.05, 3.63) is 59.3 Å². The summed E-state index contributed by atoms with van der Waals surface area (Å²) < 4.78 is 0. The van der Waals surface area contributed by atoms with Crippen molar-refractivity contribution in [2.45, 2.75) is 32.4 Å². The van der Waals surface area contributed by atoms with Crippen molar-refractivity contribution in [1.82, 2.24) is 4.98 Å². The second kappa shape index (κ2) is 5.63. The molecule has 20 heavy (non-hydrogen) atoms. The Balaban J connectivity index is 1.84. The molecule has 0 unspecified atom stereocenters. The predicted octanol–water partition coefficient (Wildman–Crippen LogP) is 3.09. The molecule has 0 saturated heterocycles. The summed E-state index contributed by atoms with van der Waals surface area (Å²) in [6.07, 6.45) is 3.60. The molecule has 0 fully saturated rings. The van der Waals surface area contributed by atoms with Gasteiger partial charge in [0.2, 0.25) is 0 Å². The highest BCUT2D eigenvalue weighted by Gasteiger charge is 2.15. The van der Waals surface area contributed by atoms with Crippen LogP contribution < -0.4 is 4.90 Å². The molecule has 1 aromatic heterocycles. The minimum Gasteiger partial charge on any atom is -0.389 e. The van der Waals surface area contributed by atoms with Crippen LogP contribution in [0, 0.1) is 0 Å². The Morgan fingerprint density at radius 3 is 2.65 bits per heavy atom. The Morgan fingerprint density at radius 2 is 1.95 bits per heavy atom. The van der Waals surface area contributed by atoms with Gasteiger partial charge in [0, 0.05) is 19.3 Å². The first-order valence-electron chi connectivity index (χ1n) is 7.20. The van der Waals surface area contributed by atoms with E-state index in [2.05, 4.69) is 34.1 Å². The van der Waals surface area contributed by atoms with Crippen molar-refractivity contribution in [3.8, 4) is 0 Å². The highest BCUT2D eigenvalue weighted by atomic mass is 16.3. The van der Waals surface area contributed by atoms with Crippen LogP contribution in [-0.4, -0.2) is 16.6 Å². The fraction of sp³-hybridized carbons (Fsp3) is 0.353. The lowest BCUT2D eigenvalue weighted by Gasteiger charge is -2.22. The molecule has 3 heteroatoms. The molecule has 1 aliphatic rings. The van der Waals surface area contributed by atoms with Gasteiger partial charge >= 0.3 is 0 Å². The maximum atomic E-state index is 9.55. The minimum absolute atomic E-state index is 0.457. The number of fused-ring (bicyclic) bond motifs is 1. The Labute approximate surface area is 119 Å². The van der Waals surface area contributed by atoms with Gasteiger partial charge in [-0.2, -0.15) is 0 Å². The van der Waals surface area contributed by atoms with Crippen LogP contribution in [-0.2, 0) is 13.0 Å². The Hall–Kier alpha value is -1.87. The van der Waals surface area contributed by atoms with Crippen molar-refractivity contribution in [2.75, 3.05) is 11.4 Å². The molecule has 0 amide bonds. The summed E-state index contributed by atoms with van der Waals surface area (Å²) in [4.78, 5) is 6.82. The highest BCUT2D eigenvalue weighted by Crippen LogP contribution is 2.23. The van der Waals surface area contributed by atoms with Crippen LogP contribution in [0.2, 0.25) is 0 Å². The summed E-state index contributed by atoms with van der Waals surface area (Å²) in [6, 6.07) is 12.6. The van der Waals surface area contributed by atoms with Crippen molar-refractivity contribution in [3.63, 3.8) is 0 Å². The maximum Gasteiger partial charge on any atom is 0.128 e. The van der Waals surface area contributed by atoms with Gasteiger partial charge in [-0.15, -0.1) is 0 Å². The fourth-order valence-corrected chi connectivity index (χ4v) is 2.73. The third kappa shape index (κ3) is 2.68. The molecule has 3 nitrogen and oxygen atoms in total. The first-order chi connectivity index (χ1) is 9.74. The van der Waals surface area contributed by atoms with Crippen molar-refractivity contribution in [2.24, 2.45) is 0 Å².